The minimum atomic E-state index is -0.152. The Bertz CT molecular complexity index is 614. The normalized spacial score (nSPS) is 14.4. The van der Waals surface area contributed by atoms with Gasteiger partial charge in [-0.15, -0.1) is 16.4 Å². The van der Waals surface area contributed by atoms with Crippen molar-refractivity contribution in [3.63, 3.8) is 0 Å². The van der Waals surface area contributed by atoms with Gasteiger partial charge in [-0.05, 0) is 37.3 Å². The van der Waals surface area contributed by atoms with Gasteiger partial charge in [0.05, 0.1) is 5.25 Å². The molecule has 3 N–H and O–H groups in total. The molecule has 0 aliphatic heterocycles. The lowest BCUT2D eigenvalue weighted by Gasteiger charge is -2.19. The molecular formula is C13H20N4OS2. The first kappa shape index (κ1) is 15.3. The minimum Gasteiger partial charge on any atom is -0.327 e. The van der Waals surface area contributed by atoms with Gasteiger partial charge >= 0.3 is 5.69 Å². The van der Waals surface area contributed by atoms with Gasteiger partial charge in [-0.25, -0.2) is 9.89 Å². The molecule has 2 aromatic rings. The predicted octanol–water partition coefficient (Wildman–Crippen LogP) is 2.53. The molecule has 110 valence electrons. The number of aromatic amines is 1. The molecule has 2 atom stereocenters. The van der Waals surface area contributed by atoms with Crippen molar-refractivity contribution in [2.75, 3.05) is 0 Å². The number of aromatic nitrogens is 3. The topological polar surface area (TPSA) is 76.7 Å². The second kappa shape index (κ2) is 6.60. The highest BCUT2D eigenvalue weighted by Gasteiger charge is 2.23. The van der Waals surface area contributed by atoms with Crippen molar-refractivity contribution < 1.29 is 0 Å². The molecule has 2 rings (SSSR count). The van der Waals surface area contributed by atoms with Gasteiger partial charge in [0.2, 0.25) is 0 Å². The van der Waals surface area contributed by atoms with Crippen LogP contribution in [0.3, 0.4) is 0 Å². The van der Waals surface area contributed by atoms with E-state index in [1.807, 2.05) is 13.8 Å². The van der Waals surface area contributed by atoms with Crippen LogP contribution in [-0.4, -0.2) is 20.8 Å². The van der Waals surface area contributed by atoms with Crippen molar-refractivity contribution >= 4 is 23.1 Å². The van der Waals surface area contributed by atoms with E-state index in [-0.39, 0.29) is 17.0 Å². The highest BCUT2D eigenvalue weighted by Crippen LogP contribution is 2.39. The van der Waals surface area contributed by atoms with Crippen LogP contribution in [0.4, 0.5) is 0 Å². The zero-order valence-electron chi connectivity index (χ0n) is 11.9. The number of nitrogens with two attached hydrogens (primary N) is 1. The van der Waals surface area contributed by atoms with E-state index < -0.39 is 0 Å². The van der Waals surface area contributed by atoms with E-state index >= 15 is 0 Å². The highest BCUT2D eigenvalue weighted by molar-refractivity contribution is 7.99. The number of hydrogen-bond donors (Lipinski definition) is 2. The Morgan fingerprint density at radius 1 is 1.60 bits per heavy atom. The number of rotatable bonds is 6. The first-order chi connectivity index (χ1) is 9.54. The molecule has 0 spiro atoms. The maximum Gasteiger partial charge on any atom is 0.343 e. The molecule has 0 saturated carbocycles. The zero-order valence-corrected chi connectivity index (χ0v) is 13.6. The third kappa shape index (κ3) is 3.16. The number of thiophene rings is 1. The molecule has 7 heteroatoms. The lowest BCUT2D eigenvalue weighted by atomic mass is 10.1. The van der Waals surface area contributed by atoms with Crippen molar-refractivity contribution in [3.8, 4) is 0 Å². The fourth-order valence-electron chi connectivity index (χ4n) is 2.00. The highest BCUT2D eigenvalue weighted by atomic mass is 32.2. The third-order valence-electron chi connectivity index (χ3n) is 3.04. The Hall–Kier alpha value is -1.05. The number of thioether (sulfide) groups is 1. The van der Waals surface area contributed by atoms with Crippen molar-refractivity contribution in [1.82, 2.24) is 14.8 Å². The van der Waals surface area contributed by atoms with Gasteiger partial charge in [0.15, 0.2) is 5.16 Å². The van der Waals surface area contributed by atoms with Crippen LogP contribution in [0.1, 0.15) is 36.0 Å². The molecule has 0 fully saturated rings. The summed E-state index contributed by atoms with van der Waals surface area (Å²) in [6.07, 6.45) is 0.897. The first-order valence-electron chi connectivity index (χ1n) is 6.66. The Balaban J connectivity index is 2.30. The van der Waals surface area contributed by atoms with E-state index in [4.69, 9.17) is 5.73 Å². The first-order valence-corrected chi connectivity index (χ1v) is 8.42. The molecule has 2 heterocycles. The number of nitrogens with zero attached hydrogens (tertiary/aromatic N) is 2. The van der Waals surface area contributed by atoms with E-state index in [0.29, 0.717) is 11.7 Å². The summed E-state index contributed by atoms with van der Waals surface area (Å²) in [4.78, 5) is 13.0. The molecule has 0 radical (unpaired) electrons. The average Bonchev–Trinajstić information content (AvgIpc) is 2.95. The van der Waals surface area contributed by atoms with E-state index in [9.17, 15) is 4.79 Å². The fraction of sp³-hybridized carbons (Fsp3) is 0.538. The molecule has 0 saturated heterocycles. The Morgan fingerprint density at radius 3 is 2.90 bits per heavy atom. The maximum absolute atomic E-state index is 11.7. The smallest absolute Gasteiger partial charge is 0.327 e. The van der Waals surface area contributed by atoms with Crippen LogP contribution in [0.2, 0.25) is 0 Å². The van der Waals surface area contributed by atoms with Crippen molar-refractivity contribution in [2.45, 2.75) is 50.2 Å². The quantitative estimate of drug-likeness (QED) is 0.804. The van der Waals surface area contributed by atoms with Gasteiger partial charge in [-0.1, -0.05) is 18.7 Å². The van der Waals surface area contributed by atoms with Gasteiger partial charge in [-0.3, -0.25) is 4.57 Å². The molecule has 2 unspecified atom stereocenters. The summed E-state index contributed by atoms with van der Waals surface area (Å²) < 4.78 is 1.68. The van der Waals surface area contributed by atoms with E-state index in [0.717, 1.165) is 6.42 Å². The van der Waals surface area contributed by atoms with Crippen molar-refractivity contribution in [3.05, 3.63) is 32.4 Å². The van der Waals surface area contributed by atoms with Gasteiger partial charge < -0.3 is 5.73 Å². The standard InChI is InChI=1S/C13H20N4OS2/c1-4-6-17-12(18)15-16-13(17)20-11(9(3)14)10-8(2)5-7-19-10/h5,7,9,11H,4,6,14H2,1-3H3,(H,15,18). The number of hydrogen-bond acceptors (Lipinski definition) is 5. The van der Waals surface area contributed by atoms with Crippen molar-refractivity contribution in [1.29, 1.82) is 0 Å². The molecule has 2 aromatic heterocycles. The molecule has 0 aromatic carbocycles. The summed E-state index contributed by atoms with van der Waals surface area (Å²) in [7, 11) is 0. The largest absolute Gasteiger partial charge is 0.343 e. The molecule has 20 heavy (non-hydrogen) atoms. The van der Waals surface area contributed by atoms with Crippen LogP contribution in [0.15, 0.2) is 21.4 Å². The van der Waals surface area contributed by atoms with Crippen LogP contribution in [0.25, 0.3) is 0 Å². The molecule has 0 aliphatic rings. The Kier molecular flexibility index (Phi) is 5.06. The third-order valence-corrected chi connectivity index (χ3v) is 5.73. The van der Waals surface area contributed by atoms with Crippen molar-refractivity contribution in [2.24, 2.45) is 5.73 Å². The molecule has 0 amide bonds. The second-order valence-electron chi connectivity index (χ2n) is 4.83. The summed E-state index contributed by atoms with van der Waals surface area (Å²) in [5, 5.41) is 9.56. The molecule has 0 bridgehead atoms. The van der Waals surface area contributed by atoms with Gasteiger partial charge in [0.1, 0.15) is 0 Å². The monoisotopic (exact) mass is 312 g/mol. The Morgan fingerprint density at radius 2 is 2.35 bits per heavy atom. The summed E-state index contributed by atoms with van der Waals surface area (Å²) in [5.74, 6) is 0. The van der Waals surface area contributed by atoms with Crippen LogP contribution in [-0.2, 0) is 6.54 Å². The van der Waals surface area contributed by atoms with Crippen LogP contribution in [0, 0.1) is 6.92 Å². The molecule has 5 nitrogen and oxygen atoms in total. The summed E-state index contributed by atoms with van der Waals surface area (Å²) >= 11 is 3.27. The predicted molar refractivity (Wildman–Crippen MR) is 84.4 cm³/mol. The summed E-state index contributed by atoms with van der Waals surface area (Å²) in [6.45, 7) is 6.80. The summed E-state index contributed by atoms with van der Waals surface area (Å²) in [6, 6.07) is 2.08. The zero-order chi connectivity index (χ0) is 14.7. The fourth-order valence-corrected chi connectivity index (χ4v) is 4.47. The average molecular weight is 312 g/mol. The lowest BCUT2D eigenvalue weighted by molar-refractivity contribution is 0.600. The van der Waals surface area contributed by atoms with E-state index in [2.05, 4.69) is 28.6 Å². The van der Waals surface area contributed by atoms with Gasteiger partial charge in [-0.2, -0.15) is 0 Å². The number of aryl methyl sites for hydroxylation is 1. The maximum atomic E-state index is 11.7. The molecular weight excluding hydrogens is 292 g/mol. The SMILES string of the molecule is CCCn1c(SC(c2sccc2C)C(C)N)n[nH]c1=O. The van der Waals surface area contributed by atoms with Crippen LogP contribution < -0.4 is 11.4 Å². The summed E-state index contributed by atoms with van der Waals surface area (Å²) in [5.41, 5.74) is 7.22. The van der Waals surface area contributed by atoms with Crippen LogP contribution >= 0.6 is 23.1 Å². The number of H-pyrrole nitrogens is 1. The number of nitrogens with one attached hydrogen (secondary N) is 1. The second-order valence-corrected chi connectivity index (χ2v) is 6.88. The lowest BCUT2D eigenvalue weighted by Crippen LogP contribution is -2.23. The van der Waals surface area contributed by atoms with Gasteiger partial charge in [0, 0.05) is 17.5 Å². The Labute approximate surface area is 126 Å². The molecule has 0 aliphatic carbocycles. The van der Waals surface area contributed by atoms with Gasteiger partial charge in [0.25, 0.3) is 0 Å². The van der Waals surface area contributed by atoms with Crippen LogP contribution in [0.5, 0.6) is 0 Å². The van der Waals surface area contributed by atoms with E-state index in [1.54, 1.807) is 27.7 Å². The van der Waals surface area contributed by atoms with E-state index in [1.165, 1.54) is 10.4 Å². The minimum absolute atomic E-state index is 0.0146.